The first kappa shape index (κ1) is 18.1. The van der Waals surface area contributed by atoms with Crippen LogP contribution in [0.4, 0.5) is 8.78 Å². The number of rotatable bonds is 11. The molecule has 0 fully saturated rings. The Labute approximate surface area is 127 Å². The van der Waals surface area contributed by atoms with Crippen molar-refractivity contribution >= 4 is 0 Å². The van der Waals surface area contributed by atoms with E-state index in [1.54, 1.807) is 6.07 Å². The van der Waals surface area contributed by atoms with Crippen LogP contribution in [0.1, 0.15) is 82.7 Å². The third-order valence-electron chi connectivity index (χ3n) is 4.00. The summed E-state index contributed by atoms with van der Waals surface area (Å²) in [5, 5.41) is 0. The van der Waals surface area contributed by atoms with Crippen LogP contribution < -0.4 is 5.73 Å². The van der Waals surface area contributed by atoms with E-state index in [1.165, 1.54) is 51.0 Å². The molecule has 0 amide bonds. The first-order chi connectivity index (χ1) is 10.2. The van der Waals surface area contributed by atoms with Crippen LogP contribution in [0.2, 0.25) is 0 Å². The lowest BCUT2D eigenvalue weighted by atomic mass is 9.99. The number of halogens is 2. The van der Waals surface area contributed by atoms with E-state index >= 15 is 0 Å². The van der Waals surface area contributed by atoms with E-state index in [0.717, 1.165) is 25.3 Å². The molecule has 3 heteroatoms. The normalized spacial score (nSPS) is 12.6. The lowest BCUT2D eigenvalue weighted by Gasteiger charge is -2.13. The maximum Gasteiger partial charge on any atom is 0.163 e. The van der Waals surface area contributed by atoms with Crippen LogP contribution in [0.3, 0.4) is 0 Å². The van der Waals surface area contributed by atoms with Crippen molar-refractivity contribution in [3.63, 3.8) is 0 Å². The van der Waals surface area contributed by atoms with Crippen LogP contribution in [0.15, 0.2) is 18.2 Å². The molecule has 1 atom stereocenters. The molecule has 2 N–H and O–H groups in total. The fourth-order valence-corrected chi connectivity index (χ4v) is 2.64. The van der Waals surface area contributed by atoms with Gasteiger partial charge < -0.3 is 5.73 Å². The standard InChI is InChI=1S/C18H29F2N/c1-2-3-4-5-6-7-8-9-10-14-17(21)15-12-11-13-16(19)18(15)20/h11-13,17H,2-10,14,21H2,1H3. The van der Waals surface area contributed by atoms with Crippen LogP contribution in [-0.2, 0) is 0 Å². The van der Waals surface area contributed by atoms with Crippen LogP contribution in [0.5, 0.6) is 0 Å². The zero-order chi connectivity index (χ0) is 15.5. The Morgan fingerprint density at radius 2 is 1.48 bits per heavy atom. The van der Waals surface area contributed by atoms with E-state index in [-0.39, 0.29) is 0 Å². The van der Waals surface area contributed by atoms with Gasteiger partial charge in [0.1, 0.15) is 0 Å². The van der Waals surface area contributed by atoms with E-state index < -0.39 is 17.7 Å². The molecular formula is C18H29F2N. The Morgan fingerprint density at radius 1 is 0.905 bits per heavy atom. The SMILES string of the molecule is CCCCCCCCCCCC(N)c1cccc(F)c1F. The van der Waals surface area contributed by atoms with E-state index in [0.29, 0.717) is 5.56 Å². The first-order valence-corrected chi connectivity index (χ1v) is 8.36. The van der Waals surface area contributed by atoms with E-state index in [1.807, 2.05) is 0 Å². The van der Waals surface area contributed by atoms with Crippen molar-refractivity contribution in [1.82, 2.24) is 0 Å². The molecule has 0 aliphatic rings. The fourth-order valence-electron chi connectivity index (χ4n) is 2.64. The molecular weight excluding hydrogens is 268 g/mol. The van der Waals surface area contributed by atoms with E-state index in [2.05, 4.69) is 6.92 Å². The molecule has 0 radical (unpaired) electrons. The highest BCUT2D eigenvalue weighted by Crippen LogP contribution is 2.22. The zero-order valence-corrected chi connectivity index (χ0v) is 13.2. The largest absolute Gasteiger partial charge is 0.324 e. The number of hydrogen-bond acceptors (Lipinski definition) is 1. The molecule has 0 aromatic heterocycles. The van der Waals surface area contributed by atoms with Gasteiger partial charge in [0, 0.05) is 11.6 Å². The predicted molar refractivity (Wildman–Crippen MR) is 85.1 cm³/mol. The summed E-state index contributed by atoms with van der Waals surface area (Å²) in [5.74, 6) is -1.60. The van der Waals surface area contributed by atoms with Crippen molar-refractivity contribution in [3.8, 4) is 0 Å². The second-order valence-corrected chi connectivity index (χ2v) is 5.87. The molecule has 21 heavy (non-hydrogen) atoms. The second kappa shape index (κ2) is 10.7. The van der Waals surface area contributed by atoms with Gasteiger partial charge in [0.05, 0.1) is 0 Å². The fraction of sp³-hybridized carbons (Fsp3) is 0.667. The van der Waals surface area contributed by atoms with Crippen molar-refractivity contribution in [2.45, 2.75) is 77.2 Å². The summed E-state index contributed by atoms with van der Waals surface area (Å²) in [6.07, 6.45) is 11.9. The second-order valence-electron chi connectivity index (χ2n) is 5.87. The molecule has 1 unspecified atom stereocenters. The number of benzene rings is 1. The Balaban J connectivity index is 2.11. The topological polar surface area (TPSA) is 26.0 Å². The molecule has 0 saturated heterocycles. The lowest BCUT2D eigenvalue weighted by Crippen LogP contribution is -2.12. The van der Waals surface area contributed by atoms with Crippen LogP contribution in [0.25, 0.3) is 0 Å². The average molecular weight is 297 g/mol. The van der Waals surface area contributed by atoms with Crippen LogP contribution in [0, 0.1) is 11.6 Å². The van der Waals surface area contributed by atoms with Crippen LogP contribution >= 0.6 is 0 Å². The Hall–Kier alpha value is -0.960. The van der Waals surface area contributed by atoms with Gasteiger partial charge in [-0.2, -0.15) is 0 Å². The summed E-state index contributed by atoms with van der Waals surface area (Å²) in [6, 6.07) is 3.83. The molecule has 1 aromatic carbocycles. The average Bonchev–Trinajstić information content (AvgIpc) is 2.48. The summed E-state index contributed by atoms with van der Waals surface area (Å²) < 4.78 is 26.7. The van der Waals surface area contributed by atoms with Gasteiger partial charge in [0.15, 0.2) is 11.6 Å². The van der Waals surface area contributed by atoms with Crippen molar-refractivity contribution in [3.05, 3.63) is 35.4 Å². The summed E-state index contributed by atoms with van der Waals surface area (Å²) in [4.78, 5) is 0. The smallest absolute Gasteiger partial charge is 0.163 e. The summed E-state index contributed by atoms with van der Waals surface area (Å²) in [6.45, 7) is 2.23. The van der Waals surface area contributed by atoms with E-state index in [9.17, 15) is 8.78 Å². The maximum atomic E-state index is 13.6. The molecule has 0 saturated carbocycles. The maximum absolute atomic E-state index is 13.6. The quantitative estimate of drug-likeness (QED) is 0.507. The summed E-state index contributed by atoms with van der Waals surface area (Å²) in [7, 11) is 0. The monoisotopic (exact) mass is 297 g/mol. The third-order valence-corrected chi connectivity index (χ3v) is 4.00. The molecule has 120 valence electrons. The highest BCUT2D eigenvalue weighted by molar-refractivity contribution is 5.22. The van der Waals surface area contributed by atoms with Crippen LogP contribution in [-0.4, -0.2) is 0 Å². The summed E-state index contributed by atoms with van der Waals surface area (Å²) in [5.41, 5.74) is 6.25. The molecule has 0 spiro atoms. The minimum Gasteiger partial charge on any atom is -0.324 e. The Bertz CT molecular complexity index is 393. The molecule has 1 aromatic rings. The summed E-state index contributed by atoms with van der Waals surface area (Å²) >= 11 is 0. The Kier molecular flexibility index (Phi) is 9.24. The molecule has 0 aliphatic carbocycles. The van der Waals surface area contributed by atoms with Gasteiger partial charge >= 0.3 is 0 Å². The van der Waals surface area contributed by atoms with Crippen molar-refractivity contribution in [2.24, 2.45) is 5.73 Å². The third kappa shape index (κ3) is 7.03. The highest BCUT2D eigenvalue weighted by Gasteiger charge is 2.13. The van der Waals surface area contributed by atoms with Crippen molar-refractivity contribution < 1.29 is 8.78 Å². The van der Waals surface area contributed by atoms with Gasteiger partial charge in [0.25, 0.3) is 0 Å². The molecule has 0 heterocycles. The van der Waals surface area contributed by atoms with Gasteiger partial charge in [-0.25, -0.2) is 8.78 Å². The van der Waals surface area contributed by atoms with Crippen molar-refractivity contribution in [1.29, 1.82) is 0 Å². The zero-order valence-electron chi connectivity index (χ0n) is 13.2. The predicted octanol–water partition coefficient (Wildman–Crippen LogP) is 5.89. The van der Waals surface area contributed by atoms with Gasteiger partial charge in [0.2, 0.25) is 0 Å². The van der Waals surface area contributed by atoms with Gasteiger partial charge in [-0.3, -0.25) is 0 Å². The first-order valence-electron chi connectivity index (χ1n) is 8.36. The lowest BCUT2D eigenvalue weighted by molar-refractivity contribution is 0.474. The molecule has 0 aliphatic heterocycles. The molecule has 1 nitrogen and oxygen atoms in total. The number of unbranched alkanes of at least 4 members (excludes halogenated alkanes) is 8. The minimum atomic E-state index is -0.810. The van der Waals surface area contributed by atoms with Gasteiger partial charge in [-0.1, -0.05) is 76.8 Å². The molecule has 0 bridgehead atoms. The number of nitrogens with two attached hydrogens (primary N) is 1. The van der Waals surface area contributed by atoms with E-state index in [4.69, 9.17) is 5.73 Å². The Morgan fingerprint density at radius 3 is 2.10 bits per heavy atom. The highest BCUT2D eigenvalue weighted by atomic mass is 19.2. The van der Waals surface area contributed by atoms with Gasteiger partial charge in [-0.05, 0) is 12.5 Å². The number of hydrogen-bond donors (Lipinski definition) is 1. The van der Waals surface area contributed by atoms with Crippen molar-refractivity contribution in [2.75, 3.05) is 0 Å². The molecule has 1 rings (SSSR count). The van der Waals surface area contributed by atoms with Gasteiger partial charge in [-0.15, -0.1) is 0 Å². The minimum absolute atomic E-state index is 0.301.